The Labute approximate surface area is 219 Å². The van der Waals surface area contributed by atoms with E-state index in [1.54, 1.807) is 7.11 Å². The highest BCUT2D eigenvalue weighted by Crippen LogP contribution is 2.50. The van der Waals surface area contributed by atoms with Gasteiger partial charge in [0.25, 0.3) is 5.91 Å². The third kappa shape index (κ3) is 4.86. The number of rotatable bonds is 6. The maximum atomic E-state index is 12.9. The smallest absolute Gasteiger partial charge is 0.255 e. The fraction of sp³-hybridized carbons (Fsp3) is 0.303. The zero-order valence-corrected chi connectivity index (χ0v) is 21.7. The Morgan fingerprint density at radius 2 is 1.57 bits per heavy atom. The number of hydrogen-bond acceptors (Lipinski definition) is 3. The van der Waals surface area contributed by atoms with E-state index >= 15 is 0 Å². The topological polar surface area (TPSA) is 41.6 Å². The molecule has 2 aliphatic rings. The van der Waals surface area contributed by atoms with Gasteiger partial charge >= 0.3 is 0 Å². The summed E-state index contributed by atoms with van der Waals surface area (Å²) in [6.45, 7) is 3.42. The predicted molar refractivity (Wildman–Crippen MR) is 151 cm³/mol. The predicted octanol–water partition coefficient (Wildman–Crippen LogP) is 7.67. The third-order valence-corrected chi connectivity index (χ3v) is 8.32. The molecule has 0 aromatic heterocycles. The summed E-state index contributed by atoms with van der Waals surface area (Å²) < 4.78 is 5.23. The first kappa shape index (κ1) is 23.7. The van der Waals surface area contributed by atoms with Crippen LogP contribution in [0.5, 0.6) is 5.75 Å². The van der Waals surface area contributed by atoms with Crippen molar-refractivity contribution in [3.63, 3.8) is 0 Å². The number of methoxy groups -OCH3 is 1. The van der Waals surface area contributed by atoms with Crippen LogP contribution in [0, 0.1) is 0 Å². The molecule has 37 heavy (non-hydrogen) atoms. The molecule has 1 spiro atoms. The van der Waals surface area contributed by atoms with Crippen molar-refractivity contribution < 1.29 is 9.53 Å². The van der Waals surface area contributed by atoms with Crippen molar-refractivity contribution in [1.29, 1.82) is 0 Å². The number of benzene rings is 4. The van der Waals surface area contributed by atoms with Crippen LogP contribution in [0.3, 0.4) is 0 Å². The number of amides is 1. The summed E-state index contributed by atoms with van der Waals surface area (Å²) in [4.78, 5) is 15.7. The number of fused-ring (bicyclic) bond motifs is 1. The molecule has 6 rings (SSSR count). The zero-order chi connectivity index (χ0) is 25.4. The van der Waals surface area contributed by atoms with Gasteiger partial charge in [-0.3, -0.25) is 9.69 Å². The van der Waals surface area contributed by atoms with Gasteiger partial charge in [-0.1, -0.05) is 48.9 Å². The number of hydrogen-bond donors (Lipinski definition) is 1. The summed E-state index contributed by atoms with van der Waals surface area (Å²) in [5.41, 5.74) is 5.45. The minimum atomic E-state index is -0.105. The summed E-state index contributed by atoms with van der Waals surface area (Å²) >= 11 is 0. The van der Waals surface area contributed by atoms with Crippen molar-refractivity contribution in [1.82, 2.24) is 4.90 Å². The highest BCUT2D eigenvalue weighted by molar-refractivity contribution is 6.05. The summed E-state index contributed by atoms with van der Waals surface area (Å²) in [6, 6.07) is 29.2. The molecule has 4 nitrogen and oxygen atoms in total. The van der Waals surface area contributed by atoms with E-state index in [4.69, 9.17) is 4.74 Å². The number of anilines is 1. The maximum Gasteiger partial charge on any atom is 0.255 e. The lowest BCUT2D eigenvalue weighted by Crippen LogP contribution is -2.46. The van der Waals surface area contributed by atoms with Crippen molar-refractivity contribution >= 4 is 22.4 Å². The van der Waals surface area contributed by atoms with E-state index in [-0.39, 0.29) is 5.91 Å². The van der Waals surface area contributed by atoms with Crippen LogP contribution in [0.4, 0.5) is 5.69 Å². The molecule has 1 aliphatic heterocycles. The van der Waals surface area contributed by atoms with Gasteiger partial charge in [0, 0.05) is 29.4 Å². The quantitative estimate of drug-likeness (QED) is 0.301. The van der Waals surface area contributed by atoms with Gasteiger partial charge in [-0.2, -0.15) is 0 Å². The average Bonchev–Trinajstić information content (AvgIpc) is 3.71. The molecular formula is C33H34N2O2. The normalized spacial score (nSPS) is 18.6. The van der Waals surface area contributed by atoms with Crippen LogP contribution in [-0.2, 0) is 6.54 Å². The van der Waals surface area contributed by atoms with Gasteiger partial charge in [0.2, 0.25) is 0 Å². The lowest BCUT2D eigenvalue weighted by molar-refractivity contribution is 0.0677. The lowest BCUT2D eigenvalue weighted by atomic mass is 9.93. The van der Waals surface area contributed by atoms with Crippen molar-refractivity contribution in [2.45, 2.75) is 57.2 Å². The van der Waals surface area contributed by atoms with Crippen molar-refractivity contribution in [3.05, 3.63) is 96.1 Å². The summed E-state index contributed by atoms with van der Waals surface area (Å²) in [5.74, 6) is 0.723. The first-order valence-electron chi connectivity index (χ1n) is 13.4. The van der Waals surface area contributed by atoms with Crippen LogP contribution in [0.1, 0.15) is 54.9 Å². The van der Waals surface area contributed by atoms with Crippen LogP contribution in [0.15, 0.2) is 84.9 Å². The van der Waals surface area contributed by atoms with Crippen molar-refractivity contribution in [2.24, 2.45) is 0 Å². The Kier molecular flexibility index (Phi) is 6.21. The molecule has 4 aromatic carbocycles. The van der Waals surface area contributed by atoms with Gasteiger partial charge in [-0.15, -0.1) is 0 Å². The molecule has 0 bridgehead atoms. The number of ether oxygens (including phenoxy) is 1. The highest BCUT2D eigenvalue weighted by Gasteiger charge is 2.50. The molecule has 2 fully saturated rings. The van der Waals surface area contributed by atoms with Crippen molar-refractivity contribution in [2.75, 3.05) is 12.4 Å². The molecule has 1 saturated carbocycles. The molecule has 1 amide bonds. The van der Waals surface area contributed by atoms with Crippen LogP contribution < -0.4 is 10.1 Å². The number of nitrogens with one attached hydrogen (secondary N) is 1. The second kappa shape index (κ2) is 9.68. The standard InChI is InChI=1S/C33H34N2O2/c1-23-4-3-17-33(18-19-33)35(23)22-24-5-6-29-21-30(14-11-28(29)20-24)34-32(36)27-9-7-25(8-10-27)26-12-15-31(37-2)16-13-26/h5-16,20-21,23H,3-4,17-19,22H2,1-2H3,(H,34,36). The molecule has 0 radical (unpaired) electrons. The summed E-state index contributed by atoms with van der Waals surface area (Å²) in [5, 5.41) is 5.43. The zero-order valence-electron chi connectivity index (χ0n) is 21.7. The SMILES string of the molecule is COc1ccc(-c2ccc(C(=O)Nc3ccc4cc(CN5C(C)CCCC56CC6)ccc4c3)cc2)cc1. The Hall–Kier alpha value is -3.63. The lowest BCUT2D eigenvalue weighted by Gasteiger charge is -2.41. The van der Waals surface area contributed by atoms with Gasteiger partial charge in [0.1, 0.15) is 5.75 Å². The number of nitrogens with zero attached hydrogens (tertiary/aromatic N) is 1. The molecule has 1 unspecified atom stereocenters. The van der Waals surface area contributed by atoms with Crippen LogP contribution in [0.25, 0.3) is 21.9 Å². The second-order valence-corrected chi connectivity index (χ2v) is 10.7. The van der Waals surface area contributed by atoms with Gasteiger partial charge in [-0.05, 0) is 103 Å². The molecule has 1 saturated heterocycles. The first-order valence-corrected chi connectivity index (χ1v) is 13.4. The van der Waals surface area contributed by atoms with Gasteiger partial charge in [-0.25, -0.2) is 0 Å². The highest BCUT2D eigenvalue weighted by atomic mass is 16.5. The Morgan fingerprint density at radius 1 is 0.892 bits per heavy atom. The fourth-order valence-corrected chi connectivity index (χ4v) is 5.97. The monoisotopic (exact) mass is 490 g/mol. The largest absolute Gasteiger partial charge is 0.497 e. The molecular weight excluding hydrogens is 456 g/mol. The van der Waals surface area contributed by atoms with Gasteiger partial charge < -0.3 is 10.1 Å². The van der Waals surface area contributed by atoms with Gasteiger partial charge in [0.15, 0.2) is 0 Å². The minimum absolute atomic E-state index is 0.105. The molecule has 1 N–H and O–H groups in total. The number of carbonyl (C=O) groups excluding carboxylic acids is 1. The van der Waals surface area contributed by atoms with Crippen LogP contribution in [0.2, 0.25) is 0 Å². The molecule has 188 valence electrons. The minimum Gasteiger partial charge on any atom is -0.497 e. The van der Waals surface area contributed by atoms with Crippen LogP contribution in [-0.4, -0.2) is 29.5 Å². The number of likely N-dealkylation sites (tertiary alicyclic amines) is 1. The van der Waals surface area contributed by atoms with E-state index in [2.05, 4.69) is 47.5 Å². The van der Waals surface area contributed by atoms with E-state index in [1.165, 1.54) is 43.1 Å². The molecule has 4 aromatic rings. The van der Waals surface area contributed by atoms with Crippen LogP contribution >= 0.6 is 0 Å². The summed E-state index contributed by atoms with van der Waals surface area (Å²) in [6.07, 6.45) is 6.76. The van der Waals surface area contributed by atoms with E-state index in [1.807, 2.05) is 54.6 Å². The average molecular weight is 491 g/mol. The summed E-state index contributed by atoms with van der Waals surface area (Å²) in [7, 11) is 1.66. The van der Waals surface area contributed by atoms with E-state index in [0.717, 1.165) is 34.5 Å². The Morgan fingerprint density at radius 3 is 2.27 bits per heavy atom. The Balaban J connectivity index is 1.13. The number of piperidine rings is 1. The van der Waals surface area contributed by atoms with Gasteiger partial charge in [0.05, 0.1) is 7.11 Å². The Bertz CT molecular complexity index is 1420. The number of carbonyl (C=O) groups is 1. The second-order valence-electron chi connectivity index (χ2n) is 10.7. The first-order chi connectivity index (χ1) is 18.0. The third-order valence-electron chi connectivity index (χ3n) is 8.32. The van der Waals surface area contributed by atoms with E-state index in [0.29, 0.717) is 17.1 Å². The molecule has 4 heteroatoms. The molecule has 1 heterocycles. The maximum absolute atomic E-state index is 12.9. The van der Waals surface area contributed by atoms with E-state index in [9.17, 15) is 4.79 Å². The molecule has 1 aliphatic carbocycles. The van der Waals surface area contributed by atoms with Crippen molar-refractivity contribution in [3.8, 4) is 16.9 Å². The van der Waals surface area contributed by atoms with E-state index < -0.39 is 0 Å². The molecule has 1 atom stereocenters. The fourth-order valence-electron chi connectivity index (χ4n) is 5.97.